The molecule has 1 aromatic carbocycles. The van der Waals surface area contributed by atoms with Gasteiger partial charge in [0.05, 0.1) is 5.69 Å². The second-order valence-electron chi connectivity index (χ2n) is 4.95. The van der Waals surface area contributed by atoms with E-state index in [-0.39, 0.29) is 5.82 Å². The Hall–Kier alpha value is -3.09. The van der Waals surface area contributed by atoms with Crippen molar-refractivity contribution in [3.8, 4) is 5.69 Å². The van der Waals surface area contributed by atoms with Gasteiger partial charge in [0.2, 0.25) is 0 Å². The van der Waals surface area contributed by atoms with Gasteiger partial charge in [-0.25, -0.2) is 9.36 Å². The Labute approximate surface area is 125 Å². The van der Waals surface area contributed by atoms with Crippen LogP contribution in [0.15, 0.2) is 50.5 Å². The number of aromatic amines is 1. The summed E-state index contributed by atoms with van der Waals surface area (Å²) >= 11 is 0. The smallest absolute Gasteiger partial charge is 0.334 e. The predicted octanol–water partition coefficient (Wildman–Crippen LogP) is 1.87. The molecule has 0 amide bonds. The van der Waals surface area contributed by atoms with Crippen molar-refractivity contribution in [2.45, 2.75) is 13.8 Å². The number of aromatic nitrogens is 3. The van der Waals surface area contributed by atoms with E-state index < -0.39 is 11.2 Å². The number of rotatable bonds is 3. The summed E-state index contributed by atoms with van der Waals surface area (Å²) in [5.74, 6) is 1.30. The zero-order valence-corrected chi connectivity index (χ0v) is 12.1. The highest BCUT2D eigenvalue weighted by Crippen LogP contribution is 2.12. The molecule has 0 aliphatic heterocycles. The van der Waals surface area contributed by atoms with Crippen molar-refractivity contribution >= 4 is 11.6 Å². The average molecular weight is 298 g/mol. The van der Waals surface area contributed by atoms with Crippen molar-refractivity contribution in [3.63, 3.8) is 0 Å². The molecular formula is C15H14N4O3. The van der Waals surface area contributed by atoms with Crippen molar-refractivity contribution in [3.05, 3.63) is 68.6 Å². The van der Waals surface area contributed by atoms with E-state index in [0.29, 0.717) is 17.3 Å². The lowest BCUT2D eigenvalue weighted by Gasteiger charge is -2.07. The molecule has 7 heteroatoms. The Balaban J connectivity index is 2.00. The third-order valence-corrected chi connectivity index (χ3v) is 3.12. The van der Waals surface area contributed by atoms with Gasteiger partial charge in [0, 0.05) is 12.1 Å². The Morgan fingerprint density at radius 1 is 1.14 bits per heavy atom. The largest absolute Gasteiger partial charge is 0.360 e. The number of hydrogen-bond acceptors (Lipinski definition) is 5. The van der Waals surface area contributed by atoms with Crippen molar-refractivity contribution in [2.24, 2.45) is 0 Å². The van der Waals surface area contributed by atoms with E-state index in [9.17, 15) is 9.59 Å². The molecule has 2 heterocycles. The van der Waals surface area contributed by atoms with Gasteiger partial charge < -0.3 is 9.84 Å². The van der Waals surface area contributed by atoms with Gasteiger partial charge in [-0.15, -0.1) is 0 Å². The number of nitrogens with zero attached hydrogens (tertiary/aromatic N) is 2. The van der Waals surface area contributed by atoms with E-state index in [1.165, 1.54) is 6.07 Å². The minimum Gasteiger partial charge on any atom is -0.360 e. The van der Waals surface area contributed by atoms with Crippen LogP contribution in [0.2, 0.25) is 0 Å². The number of anilines is 2. The second kappa shape index (κ2) is 5.36. The summed E-state index contributed by atoms with van der Waals surface area (Å²) in [6, 6.07) is 10.1. The van der Waals surface area contributed by atoms with Crippen molar-refractivity contribution in [1.82, 2.24) is 14.7 Å². The summed E-state index contributed by atoms with van der Waals surface area (Å²) in [5.41, 5.74) is 0.600. The first-order valence-electron chi connectivity index (χ1n) is 6.67. The molecule has 0 aliphatic rings. The monoisotopic (exact) mass is 298 g/mol. The number of H-pyrrole nitrogens is 1. The van der Waals surface area contributed by atoms with Crippen LogP contribution >= 0.6 is 0 Å². The summed E-state index contributed by atoms with van der Waals surface area (Å²) in [4.78, 5) is 27.0. The number of nitrogens with one attached hydrogen (secondary N) is 2. The lowest BCUT2D eigenvalue weighted by atomic mass is 10.2. The maximum Gasteiger partial charge on any atom is 0.334 e. The molecular weight excluding hydrogens is 284 g/mol. The predicted molar refractivity (Wildman–Crippen MR) is 81.9 cm³/mol. The minimum absolute atomic E-state index is 0.256. The highest BCUT2D eigenvalue weighted by molar-refractivity contribution is 5.50. The van der Waals surface area contributed by atoms with Crippen LogP contribution < -0.4 is 16.6 Å². The van der Waals surface area contributed by atoms with E-state index >= 15 is 0 Å². The number of benzene rings is 1. The molecule has 0 saturated heterocycles. The molecule has 22 heavy (non-hydrogen) atoms. The fraction of sp³-hybridized carbons (Fsp3) is 0.133. The summed E-state index contributed by atoms with van der Waals surface area (Å²) in [7, 11) is 0. The lowest BCUT2D eigenvalue weighted by Crippen LogP contribution is -2.33. The number of hydrogen-bond donors (Lipinski definition) is 2. The maximum atomic E-state index is 12.2. The molecule has 0 fully saturated rings. The molecule has 0 radical (unpaired) electrons. The SMILES string of the molecule is Cc1ccc(-n2c(=O)cc(Nc3cc(C)on3)[nH]c2=O)cc1. The Bertz CT molecular complexity index is 888. The van der Waals surface area contributed by atoms with E-state index in [0.717, 1.165) is 10.1 Å². The van der Waals surface area contributed by atoms with Gasteiger partial charge >= 0.3 is 5.69 Å². The van der Waals surface area contributed by atoms with Crippen LogP contribution in [-0.2, 0) is 0 Å². The standard InChI is InChI=1S/C15H14N4O3/c1-9-3-5-11(6-4-9)19-14(20)8-12(17-15(19)21)16-13-7-10(2)22-18-13/h3-8H,1-2H3,(H,16,18)(H,17,21). The van der Waals surface area contributed by atoms with Gasteiger partial charge in [0.25, 0.3) is 5.56 Å². The topological polar surface area (TPSA) is 92.9 Å². The Morgan fingerprint density at radius 3 is 2.45 bits per heavy atom. The summed E-state index contributed by atoms with van der Waals surface area (Å²) < 4.78 is 5.98. The fourth-order valence-corrected chi connectivity index (χ4v) is 2.06. The van der Waals surface area contributed by atoms with E-state index in [2.05, 4.69) is 15.5 Å². The average Bonchev–Trinajstić information content (AvgIpc) is 2.85. The van der Waals surface area contributed by atoms with Gasteiger partial charge in [-0.05, 0) is 26.0 Å². The Morgan fingerprint density at radius 2 is 1.86 bits per heavy atom. The Kier molecular flexibility index (Phi) is 3.38. The molecule has 112 valence electrons. The molecule has 3 rings (SSSR count). The minimum atomic E-state index is -0.529. The van der Waals surface area contributed by atoms with E-state index in [1.54, 1.807) is 25.1 Å². The quantitative estimate of drug-likeness (QED) is 0.770. The summed E-state index contributed by atoms with van der Waals surface area (Å²) in [5, 5.41) is 6.56. The van der Waals surface area contributed by atoms with Crippen LogP contribution in [0.25, 0.3) is 5.69 Å². The van der Waals surface area contributed by atoms with Crippen molar-refractivity contribution < 1.29 is 4.52 Å². The first-order chi connectivity index (χ1) is 10.5. The van der Waals surface area contributed by atoms with Gasteiger partial charge in [0.15, 0.2) is 5.82 Å². The normalized spacial score (nSPS) is 10.6. The molecule has 7 nitrogen and oxygen atoms in total. The van der Waals surface area contributed by atoms with Crippen molar-refractivity contribution in [2.75, 3.05) is 5.32 Å². The van der Waals surface area contributed by atoms with Crippen LogP contribution in [0, 0.1) is 13.8 Å². The van der Waals surface area contributed by atoms with Crippen LogP contribution in [-0.4, -0.2) is 14.7 Å². The van der Waals surface area contributed by atoms with Crippen LogP contribution in [0.1, 0.15) is 11.3 Å². The zero-order valence-electron chi connectivity index (χ0n) is 12.1. The highest BCUT2D eigenvalue weighted by Gasteiger charge is 2.08. The fourth-order valence-electron chi connectivity index (χ4n) is 2.06. The maximum absolute atomic E-state index is 12.2. The molecule has 2 N–H and O–H groups in total. The van der Waals surface area contributed by atoms with E-state index in [4.69, 9.17) is 4.52 Å². The third-order valence-electron chi connectivity index (χ3n) is 3.12. The zero-order chi connectivity index (χ0) is 15.7. The first kappa shape index (κ1) is 13.9. The van der Waals surface area contributed by atoms with Crippen LogP contribution in [0.4, 0.5) is 11.6 Å². The van der Waals surface area contributed by atoms with Gasteiger partial charge in [-0.1, -0.05) is 22.9 Å². The van der Waals surface area contributed by atoms with Crippen molar-refractivity contribution in [1.29, 1.82) is 0 Å². The molecule has 0 saturated carbocycles. The molecule has 2 aromatic heterocycles. The molecule has 0 unspecified atom stereocenters. The first-order valence-corrected chi connectivity index (χ1v) is 6.67. The third kappa shape index (κ3) is 2.69. The van der Waals surface area contributed by atoms with Gasteiger partial charge in [0.1, 0.15) is 11.6 Å². The van der Waals surface area contributed by atoms with Gasteiger partial charge in [-0.3, -0.25) is 9.78 Å². The molecule has 0 atom stereocenters. The second-order valence-corrected chi connectivity index (χ2v) is 4.95. The summed E-state index contributed by atoms with van der Waals surface area (Å²) in [6.07, 6.45) is 0. The molecule has 0 bridgehead atoms. The van der Waals surface area contributed by atoms with Crippen LogP contribution in [0.5, 0.6) is 0 Å². The molecule has 3 aromatic rings. The summed E-state index contributed by atoms with van der Waals surface area (Å²) in [6.45, 7) is 3.68. The molecule has 0 aliphatic carbocycles. The molecule has 0 spiro atoms. The van der Waals surface area contributed by atoms with Crippen LogP contribution in [0.3, 0.4) is 0 Å². The lowest BCUT2D eigenvalue weighted by molar-refractivity contribution is 0.400. The number of aryl methyl sites for hydroxylation is 2. The van der Waals surface area contributed by atoms with E-state index in [1.807, 2.05) is 19.1 Å². The van der Waals surface area contributed by atoms with Gasteiger partial charge in [-0.2, -0.15) is 0 Å². The highest BCUT2D eigenvalue weighted by atomic mass is 16.5.